The highest BCUT2D eigenvalue weighted by Gasteiger charge is 2.10. The number of aromatic hydroxyl groups is 2. The van der Waals surface area contributed by atoms with Crippen LogP contribution in [0.15, 0.2) is 30.3 Å². The highest BCUT2D eigenvalue weighted by Crippen LogP contribution is 2.29. The van der Waals surface area contributed by atoms with Crippen molar-refractivity contribution in [1.29, 1.82) is 0 Å². The van der Waals surface area contributed by atoms with Crippen molar-refractivity contribution >= 4 is 0 Å². The van der Waals surface area contributed by atoms with Gasteiger partial charge in [-0.1, -0.05) is 32.0 Å². The molecule has 0 aliphatic heterocycles. The Morgan fingerprint density at radius 3 is 2.20 bits per heavy atom. The second-order valence-electron chi connectivity index (χ2n) is 5.72. The van der Waals surface area contributed by atoms with E-state index in [9.17, 15) is 10.2 Å². The molecule has 2 N–H and O–H groups in total. The number of phenolic OH excluding ortho intramolecular Hbond substituents is 2. The van der Waals surface area contributed by atoms with Gasteiger partial charge in [0.15, 0.2) is 0 Å². The van der Waals surface area contributed by atoms with E-state index in [1.165, 1.54) is 11.1 Å². The van der Waals surface area contributed by atoms with E-state index in [4.69, 9.17) is 0 Å². The summed E-state index contributed by atoms with van der Waals surface area (Å²) >= 11 is 0. The normalized spacial score (nSPS) is 11.1. The highest BCUT2D eigenvalue weighted by atomic mass is 16.3. The largest absolute Gasteiger partial charge is 0.508 e. The molecule has 0 atom stereocenters. The lowest BCUT2D eigenvalue weighted by molar-refractivity contribution is 0.464. The number of hydrogen-bond acceptors (Lipinski definition) is 2. The Bertz CT molecular complexity index is 628. The Hall–Kier alpha value is -1.96. The van der Waals surface area contributed by atoms with Crippen molar-refractivity contribution < 1.29 is 10.2 Å². The van der Waals surface area contributed by atoms with Gasteiger partial charge in [0.05, 0.1) is 0 Å². The summed E-state index contributed by atoms with van der Waals surface area (Å²) in [6.07, 6.45) is 0.812. The molecule has 2 aromatic carbocycles. The SMILES string of the molecule is Cc1c(O)ccc(Cc2ccc(O)c(C(C)C)c2)c1C. The van der Waals surface area contributed by atoms with Gasteiger partial charge in [-0.15, -0.1) is 0 Å². The van der Waals surface area contributed by atoms with Crippen LogP contribution in [0.25, 0.3) is 0 Å². The predicted octanol–water partition coefficient (Wildman–Crippen LogP) is 4.43. The summed E-state index contributed by atoms with van der Waals surface area (Å²) < 4.78 is 0. The second-order valence-corrected chi connectivity index (χ2v) is 5.72. The lowest BCUT2D eigenvalue weighted by atomic mass is 9.93. The van der Waals surface area contributed by atoms with Gasteiger partial charge in [0.1, 0.15) is 11.5 Å². The zero-order valence-corrected chi connectivity index (χ0v) is 12.6. The molecule has 0 radical (unpaired) electrons. The van der Waals surface area contributed by atoms with Crippen LogP contribution in [0, 0.1) is 13.8 Å². The Kier molecular flexibility index (Phi) is 4.03. The first-order valence-electron chi connectivity index (χ1n) is 7.00. The van der Waals surface area contributed by atoms with Crippen LogP contribution < -0.4 is 0 Å². The molecular weight excluding hydrogens is 248 g/mol. The minimum Gasteiger partial charge on any atom is -0.508 e. The van der Waals surface area contributed by atoms with Crippen LogP contribution in [0.3, 0.4) is 0 Å². The predicted molar refractivity (Wildman–Crippen MR) is 82.6 cm³/mol. The Morgan fingerprint density at radius 2 is 1.55 bits per heavy atom. The molecule has 0 bridgehead atoms. The minimum absolute atomic E-state index is 0.303. The second kappa shape index (κ2) is 5.58. The van der Waals surface area contributed by atoms with Gasteiger partial charge in [0, 0.05) is 0 Å². The molecule has 0 unspecified atom stereocenters. The van der Waals surface area contributed by atoms with E-state index in [-0.39, 0.29) is 0 Å². The molecule has 2 heteroatoms. The number of hydrogen-bond donors (Lipinski definition) is 2. The van der Waals surface area contributed by atoms with Crippen LogP contribution in [-0.2, 0) is 6.42 Å². The Balaban J connectivity index is 2.36. The molecule has 0 heterocycles. The first-order valence-corrected chi connectivity index (χ1v) is 7.00. The summed E-state index contributed by atoms with van der Waals surface area (Å²) in [6, 6.07) is 9.53. The van der Waals surface area contributed by atoms with Gasteiger partial charge in [-0.2, -0.15) is 0 Å². The zero-order valence-electron chi connectivity index (χ0n) is 12.6. The lowest BCUT2D eigenvalue weighted by Crippen LogP contribution is -1.97. The quantitative estimate of drug-likeness (QED) is 0.866. The van der Waals surface area contributed by atoms with Crippen LogP contribution in [-0.4, -0.2) is 10.2 Å². The fourth-order valence-corrected chi connectivity index (χ4v) is 2.45. The first kappa shape index (κ1) is 14.4. The lowest BCUT2D eigenvalue weighted by Gasteiger charge is -2.13. The fraction of sp³-hybridized carbons (Fsp3) is 0.333. The standard InChI is InChI=1S/C18H22O2/c1-11(2)16-10-14(5-7-18(16)20)9-15-6-8-17(19)13(4)12(15)3/h5-8,10-11,19-20H,9H2,1-4H3. The van der Waals surface area contributed by atoms with Crippen LogP contribution >= 0.6 is 0 Å². The van der Waals surface area contributed by atoms with Crippen LogP contribution in [0.4, 0.5) is 0 Å². The average Bonchev–Trinajstić information content (AvgIpc) is 2.41. The van der Waals surface area contributed by atoms with E-state index in [1.54, 1.807) is 12.1 Å². The topological polar surface area (TPSA) is 40.5 Å². The maximum Gasteiger partial charge on any atom is 0.119 e. The maximum atomic E-state index is 9.87. The minimum atomic E-state index is 0.303. The number of benzene rings is 2. The van der Waals surface area contributed by atoms with E-state index >= 15 is 0 Å². The average molecular weight is 270 g/mol. The van der Waals surface area contributed by atoms with Gasteiger partial charge < -0.3 is 10.2 Å². The van der Waals surface area contributed by atoms with E-state index in [2.05, 4.69) is 19.9 Å². The number of phenols is 2. The molecule has 0 aliphatic rings. The third kappa shape index (κ3) is 2.79. The van der Waals surface area contributed by atoms with E-state index in [1.807, 2.05) is 26.0 Å². The van der Waals surface area contributed by atoms with E-state index in [0.29, 0.717) is 17.4 Å². The molecule has 20 heavy (non-hydrogen) atoms. The molecule has 2 aromatic rings. The van der Waals surface area contributed by atoms with E-state index < -0.39 is 0 Å². The molecule has 0 saturated heterocycles. The Labute approximate surface area is 120 Å². The van der Waals surface area contributed by atoms with Crippen molar-refractivity contribution in [3.8, 4) is 11.5 Å². The van der Waals surface area contributed by atoms with E-state index in [0.717, 1.165) is 23.1 Å². The van der Waals surface area contributed by atoms with Gasteiger partial charge in [-0.3, -0.25) is 0 Å². The van der Waals surface area contributed by atoms with Crippen LogP contribution in [0.5, 0.6) is 11.5 Å². The van der Waals surface area contributed by atoms with Crippen LogP contribution in [0.1, 0.15) is 47.6 Å². The summed E-state index contributed by atoms with van der Waals surface area (Å²) in [5.74, 6) is 1.01. The Morgan fingerprint density at radius 1 is 0.900 bits per heavy atom. The van der Waals surface area contributed by atoms with Crippen LogP contribution in [0.2, 0.25) is 0 Å². The maximum absolute atomic E-state index is 9.87. The molecular formula is C18H22O2. The van der Waals surface area contributed by atoms with Gasteiger partial charge in [0.2, 0.25) is 0 Å². The monoisotopic (exact) mass is 270 g/mol. The van der Waals surface area contributed by atoms with Crippen molar-refractivity contribution in [3.05, 3.63) is 58.1 Å². The van der Waals surface area contributed by atoms with Gasteiger partial charge >= 0.3 is 0 Å². The van der Waals surface area contributed by atoms with Gasteiger partial charge in [-0.05, 0) is 66.1 Å². The summed E-state index contributed by atoms with van der Waals surface area (Å²) in [4.78, 5) is 0. The number of rotatable bonds is 3. The molecule has 0 fully saturated rings. The summed E-state index contributed by atoms with van der Waals surface area (Å²) in [5, 5.41) is 19.6. The summed E-state index contributed by atoms with van der Waals surface area (Å²) in [5.41, 5.74) is 5.44. The highest BCUT2D eigenvalue weighted by molar-refractivity contribution is 5.46. The van der Waals surface area contributed by atoms with Crippen molar-refractivity contribution in [2.45, 2.75) is 40.0 Å². The smallest absolute Gasteiger partial charge is 0.119 e. The van der Waals surface area contributed by atoms with Gasteiger partial charge in [-0.25, -0.2) is 0 Å². The van der Waals surface area contributed by atoms with Crippen molar-refractivity contribution in [1.82, 2.24) is 0 Å². The molecule has 0 saturated carbocycles. The third-order valence-corrected chi connectivity index (χ3v) is 3.98. The zero-order chi connectivity index (χ0) is 14.9. The fourth-order valence-electron chi connectivity index (χ4n) is 2.45. The van der Waals surface area contributed by atoms with Crippen molar-refractivity contribution in [2.24, 2.45) is 0 Å². The molecule has 0 amide bonds. The molecule has 0 aromatic heterocycles. The molecule has 106 valence electrons. The van der Waals surface area contributed by atoms with Crippen molar-refractivity contribution in [2.75, 3.05) is 0 Å². The first-order chi connectivity index (χ1) is 9.40. The molecule has 2 nitrogen and oxygen atoms in total. The molecule has 0 aliphatic carbocycles. The molecule has 2 rings (SSSR count). The third-order valence-electron chi connectivity index (χ3n) is 3.98. The van der Waals surface area contributed by atoms with Crippen molar-refractivity contribution in [3.63, 3.8) is 0 Å². The summed E-state index contributed by atoms with van der Waals surface area (Å²) in [6.45, 7) is 8.13. The van der Waals surface area contributed by atoms with Gasteiger partial charge in [0.25, 0.3) is 0 Å². The molecule has 0 spiro atoms. The summed E-state index contributed by atoms with van der Waals surface area (Å²) in [7, 11) is 0.